The first-order valence-corrected chi connectivity index (χ1v) is 10.2. The number of anilines is 1. The number of hydrogen-bond donors (Lipinski definition) is 1. The molecule has 6 nitrogen and oxygen atoms in total. The van der Waals surface area contributed by atoms with Crippen LogP contribution in [0.15, 0.2) is 75.5 Å². The van der Waals surface area contributed by atoms with Gasteiger partial charge in [0.1, 0.15) is 10.8 Å². The second kappa shape index (κ2) is 8.93. The highest BCUT2D eigenvalue weighted by molar-refractivity contribution is 7.99. The van der Waals surface area contributed by atoms with Gasteiger partial charge in [0, 0.05) is 30.4 Å². The quantitative estimate of drug-likeness (QED) is 0.687. The van der Waals surface area contributed by atoms with Gasteiger partial charge in [0.25, 0.3) is 0 Å². The molecule has 1 aliphatic heterocycles. The van der Waals surface area contributed by atoms with E-state index in [1.807, 2.05) is 30.3 Å². The Morgan fingerprint density at radius 3 is 2.86 bits per heavy atom. The first-order valence-electron chi connectivity index (χ1n) is 9.38. The molecule has 0 saturated carbocycles. The standard InChI is InChI=1S/C21H22N4O2S/c26-20(24-14-17-7-5-13-27-17)16-6-4-12-25(15-16)19-21(23-11-10-22-19)28-18-8-2-1-3-9-18/h1-3,5,7-11,13,16H,4,6,12,14-15H2,(H,24,26). The van der Waals surface area contributed by atoms with Crippen molar-refractivity contribution >= 4 is 23.5 Å². The highest BCUT2D eigenvalue weighted by Crippen LogP contribution is 2.33. The number of nitrogens with one attached hydrogen (secondary N) is 1. The largest absolute Gasteiger partial charge is 0.467 e. The molecule has 4 rings (SSSR count). The van der Waals surface area contributed by atoms with E-state index >= 15 is 0 Å². The number of benzene rings is 1. The molecule has 144 valence electrons. The number of nitrogens with zero attached hydrogens (tertiary/aromatic N) is 3. The molecule has 0 radical (unpaired) electrons. The summed E-state index contributed by atoms with van der Waals surface area (Å²) in [4.78, 5) is 25.0. The van der Waals surface area contributed by atoms with E-state index in [-0.39, 0.29) is 11.8 Å². The molecular weight excluding hydrogens is 372 g/mol. The van der Waals surface area contributed by atoms with Gasteiger partial charge < -0.3 is 14.6 Å². The molecule has 1 saturated heterocycles. The van der Waals surface area contributed by atoms with Crippen LogP contribution in [0.25, 0.3) is 0 Å². The SMILES string of the molecule is O=C(NCc1ccco1)C1CCCN(c2nccnc2Sc2ccccc2)C1. The first kappa shape index (κ1) is 18.6. The summed E-state index contributed by atoms with van der Waals surface area (Å²) in [6.45, 7) is 1.94. The Labute approximate surface area is 168 Å². The third-order valence-corrected chi connectivity index (χ3v) is 5.70. The molecule has 1 unspecified atom stereocenters. The lowest BCUT2D eigenvalue weighted by molar-refractivity contribution is -0.125. The fourth-order valence-electron chi connectivity index (χ4n) is 3.32. The van der Waals surface area contributed by atoms with E-state index in [9.17, 15) is 4.79 Å². The minimum Gasteiger partial charge on any atom is -0.467 e. The summed E-state index contributed by atoms with van der Waals surface area (Å²) < 4.78 is 5.29. The number of amides is 1. The van der Waals surface area contributed by atoms with E-state index in [4.69, 9.17) is 4.42 Å². The Balaban J connectivity index is 1.43. The van der Waals surface area contributed by atoms with Crippen LogP contribution in [0.1, 0.15) is 18.6 Å². The van der Waals surface area contributed by atoms with Crippen molar-refractivity contribution in [3.05, 3.63) is 66.9 Å². The van der Waals surface area contributed by atoms with Crippen LogP contribution < -0.4 is 10.2 Å². The fraction of sp³-hybridized carbons (Fsp3) is 0.286. The topological polar surface area (TPSA) is 71.3 Å². The van der Waals surface area contributed by atoms with Crippen molar-refractivity contribution in [2.24, 2.45) is 5.92 Å². The van der Waals surface area contributed by atoms with Gasteiger partial charge in [0.15, 0.2) is 5.82 Å². The van der Waals surface area contributed by atoms with Gasteiger partial charge in [-0.15, -0.1) is 0 Å². The van der Waals surface area contributed by atoms with Crippen molar-refractivity contribution in [2.45, 2.75) is 29.3 Å². The summed E-state index contributed by atoms with van der Waals surface area (Å²) in [5.74, 6) is 1.60. The number of hydrogen-bond acceptors (Lipinski definition) is 6. The van der Waals surface area contributed by atoms with E-state index < -0.39 is 0 Å². The summed E-state index contributed by atoms with van der Waals surface area (Å²) in [6, 6.07) is 13.8. The Morgan fingerprint density at radius 2 is 2.04 bits per heavy atom. The van der Waals surface area contributed by atoms with Crippen LogP contribution in [0, 0.1) is 5.92 Å². The minimum atomic E-state index is -0.0692. The molecule has 28 heavy (non-hydrogen) atoms. The zero-order valence-electron chi connectivity index (χ0n) is 15.5. The predicted octanol–water partition coefficient (Wildman–Crippen LogP) is 3.75. The first-order chi connectivity index (χ1) is 13.8. The molecule has 1 aliphatic rings. The zero-order chi connectivity index (χ0) is 19.2. The number of carbonyl (C=O) groups excluding carboxylic acids is 1. The van der Waals surface area contributed by atoms with Crippen molar-refractivity contribution in [2.75, 3.05) is 18.0 Å². The van der Waals surface area contributed by atoms with E-state index in [1.165, 1.54) is 0 Å². The molecule has 1 N–H and O–H groups in total. The molecule has 7 heteroatoms. The minimum absolute atomic E-state index is 0.0576. The third kappa shape index (κ3) is 4.54. The molecular formula is C21H22N4O2S. The average molecular weight is 395 g/mol. The molecule has 1 atom stereocenters. The number of aromatic nitrogens is 2. The van der Waals surface area contributed by atoms with Crippen LogP contribution in [0.3, 0.4) is 0 Å². The molecule has 0 aliphatic carbocycles. The van der Waals surface area contributed by atoms with Crippen molar-refractivity contribution < 1.29 is 9.21 Å². The molecule has 1 fully saturated rings. The average Bonchev–Trinajstić information content (AvgIpc) is 3.27. The molecule has 1 amide bonds. The van der Waals surface area contributed by atoms with Crippen LogP contribution in [0.5, 0.6) is 0 Å². The van der Waals surface area contributed by atoms with Crippen molar-refractivity contribution in [3.8, 4) is 0 Å². The van der Waals surface area contributed by atoms with Gasteiger partial charge >= 0.3 is 0 Å². The number of piperidine rings is 1. The Bertz CT molecular complexity index is 902. The monoisotopic (exact) mass is 394 g/mol. The normalized spacial score (nSPS) is 16.7. The smallest absolute Gasteiger partial charge is 0.225 e. The molecule has 3 aromatic rings. The van der Waals surface area contributed by atoms with Crippen molar-refractivity contribution in [1.29, 1.82) is 0 Å². The molecule has 3 heterocycles. The van der Waals surface area contributed by atoms with Crippen LogP contribution in [0.2, 0.25) is 0 Å². The lowest BCUT2D eigenvalue weighted by Gasteiger charge is -2.33. The second-order valence-corrected chi connectivity index (χ2v) is 7.74. The zero-order valence-corrected chi connectivity index (χ0v) is 16.3. The number of rotatable bonds is 6. The van der Waals surface area contributed by atoms with Gasteiger partial charge in [-0.1, -0.05) is 30.0 Å². The summed E-state index contributed by atoms with van der Waals surface area (Å²) in [5.41, 5.74) is 0. The van der Waals surface area contributed by atoms with Gasteiger partial charge in [-0.25, -0.2) is 9.97 Å². The summed E-state index contributed by atoms with van der Waals surface area (Å²) >= 11 is 1.60. The van der Waals surface area contributed by atoms with Crippen LogP contribution in [-0.4, -0.2) is 29.0 Å². The Morgan fingerprint density at radius 1 is 1.18 bits per heavy atom. The number of carbonyl (C=O) groups is 1. The van der Waals surface area contributed by atoms with E-state index in [1.54, 1.807) is 30.4 Å². The Hall–Kier alpha value is -2.80. The van der Waals surface area contributed by atoms with Gasteiger partial charge in [-0.05, 0) is 37.1 Å². The highest BCUT2D eigenvalue weighted by atomic mass is 32.2. The van der Waals surface area contributed by atoms with Gasteiger partial charge in [0.05, 0.1) is 18.7 Å². The molecule has 0 spiro atoms. The second-order valence-electron chi connectivity index (χ2n) is 6.68. The lowest BCUT2D eigenvalue weighted by Crippen LogP contribution is -2.43. The van der Waals surface area contributed by atoms with Gasteiger partial charge in [-0.2, -0.15) is 0 Å². The molecule has 2 aromatic heterocycles. The van der Waals surface area contributed by atoms with Crippen LogP contribution >= 0.6 is 11.8 Å². The summed E-state index contributed by atoms with van der Waals surface area (Å²) in [7, 11) is 0. The van der Waals surface area contributed by atoms with Gasteiger partial charge in [-0.3, -0.25) is 4.79 Å². The summed E-state index contributed by atoms with van der Waals surface area (Å²) in [5, 5.41) is 3.85. The van der Waals surface area contributed by atoms with E-state index in [2.05, 4.69) is 32.3 Å². The van der Waals surface area contributed by atoms with Crippen LogP contribution in [0.4, 0.5) is 5.82 Å². The van der Waals surface area contributed by atoms with Crippen molar-refractivity contribution in [3.63, 3.8) is 0 Å². The Kier molecular flexibility index (Phi) is 5.92. The summed E-state index contributed by atoms with van der Waals surface area (Å²) in [6.07, 6.45) is 6.87. The third-order valence-electron chi connectivity index (χ3n) is 4.71. The predicted molar refractivity (Wildman–Crippen MR) is 108 cm³/mol. The highest BCUT2D eigenvalue weighted by Gasteiger charge is 2.28. The van der Waals surface area contributed by atoms with Gasteiger partial charge in [0.2, 0.25) is 5.91 Å². The maximum absolute atomic E-state index is 12.6. The van der Waals surface area contributed by atoms with E-state index in [0.29, 0.717) is 13.1 Å². The van der Waals surface area contributed by atoms with Crippen molar-refractivity contribution in [1.82, 2.24) is 15.3 Å². The molecule has 1 aromatic carbocycles. The fourth-order valence-corrected chi connectivity index (χ4v) is 4.23. The lowest BCUT2D eigenvalue weighted by atomic mass is 9.97. The maximum Gasteiger partial charge on any atom is 0.225 e. The molecule has 0 bridgehead atoms. The maximum atomic E-state index is 12.6. The number of furan rings is 1. The van der Waals surface area contributed by atoms with E-state index in [0.717, 1.165) is 40.9 Å². The van der Waals surface area contributed by atoms with Crippen LogP contribution in [-0.2, 0) is 11.3 Å².